The van der Waals surface area contributed by atoms with Crippen LogP contribution in [-0.2, 0) is 4.74 Å². The fourth-order valence-electron chi connectivity index (χ4n) is 2.93. The normalized spacial score (nSPS) is 25.4. The number of anilines is 1. The van der Waals surface area contributed by atoms with E-state index in [1.165, 1.54) is 0 Å². The van der Waals surface area contributed by atoms with E-state index in [0.29, 0.717) is 28.9 Å². The maximum absolute atomic E-state index is 12.5. The third-order valence-electron chi connectivity index (χ3n) is 3.89. The van der Waals surface area contributed by atoms with Gasteiger partial charge in [-0.15, -0.1) is 0 Å². The Labute approximate surface area is 128 Å². The van der Waals surface area contributed by atoms with Gasteiger partial charge in [0.1, 0.15) is 0 Å². The van der Waals surface area contributed by atoms with Gasteiger partial charge >= 0.3 is 6.03 Å². The van der Waals surface area contributed by atoms with Crippen LogP contribution in [0.15, 0.2) is 18.2 Å². The molecule has 1 N–H and O–H groups in total. The van der Waals surface area contributed by atoms with Crippen molar-refractivity contribution in [2.45, 2.75) is 31.3 Å². The van der Waals surface area contributed by atoms with Gasteiger partial charge in [0.15, 0.2) is 0 Å². The van der Waals surface area contributed by atoms with Crippen LogP contribution < -0.4 is 5.32 Å². The SMILES string of the molecule is O=C(Nc1ccc(Cl)c(Cl)c1)N1[C@@H]2CCC[C@H]1COC2. The van der Waals surface area contributed by atoms with E-state index < -0.39 is 0 Å². The second-order valence-electron chi connectivity index (χ2n) is 5.24. The van der Waals surface area contributed by atoms with Crippen molar-refractivity contribution in [3.05, 3.63) is 28.2 Å². The molecule has 2 amide bonds. The molecule has 3 rings (SSSR count). The van der Waals surface area contributed by atoms with Crippen LogP contribution in [0.4, 0.5) is 10.5 Å². The quantitative estimate of drug-likeness (QED) is 0.857. The van der Waals surface area contributed by atoms with E-state index in [1.807, 2.05) is 4.90 Å². The zero-order valence-electron chi connectivity index (χ0n) is 10.9. The van der Waals surface area contributed by atoms with E-state index in [0.717, 1.165) is 19.3 Å². The molecular formula is C14H16Cl2N2O2. The van der Waals surface area contributed by atoms with Crippen LogP contribution in [0.25, 0.3) is 0 Å². The fourth-order valence-corrected chi connectivity index (χ4v) is 3.22. The number of carbonyl (C=O) groups is 1. The predicted octanol–water partition coefficient (Wildman–Crippen LogP) is 3.78. The molecule has 2 aliphatic rings. The zero-order valence-corrected chi connectivity index (χ0v) is 12.5. The van der Waals surface area contributed by atoms with Gasteiger partial charge in [-0.2, -0.15) is 0 Å². The zero-order chi connectivity index (χ0) is 14.1. The first-order chi connectivity index (χ1) is 9.65. The minimum absolute atomic E-state index is 0.0820. The monoisotopic (exact) mass is 314 g/mol. The third-order valence-corrected chi connectivity index (χ3v) is 4.63. The molecule has 1 aromatic rings. The molecule has 0 aromatic heterocycles. The second kappa shape index (κ2) is 5.80. The Hall–Kier alpha value is -0.970. The summed E-state index contributed by atoms with van der Waals surface area (Å²) in [7, 11) is 0. The van der Waals surface area contributed by atoms with E-state index in [2.05, 4.69) is 5.32 Å². The smallest absolute Gasteiger partial charge is 0.322 e. The number of benzene rings is 1. The number of fused-ring (bicyclic) bond motifs is 2. The molecule has 2 atom stereocenters. The molecule has 20 heavy (non-hydrogen) atoms. The molecule has 2 heterocycles. The van der Waals surface area contributed by atoms with E-state index in [1.54, 1.807) is 18.2 Å². The lowest BCUT2D eigenvalue weighted by molar-refractivity contribution is -0.0465. The highest BCUT2D eigenvalue weighted by Crippen LogP contribution is 2.29. The van der Waals surface area contributed by atoms with Crippen molar-refractivity contribution in [1.29, 1.82) is 0 Å². The number of carbonyl (C=O) groups excluding carboxylic acids is 1. The summed E-state index contributed by atoms with van der Waals surface area (Å²) in [6.07, 6.45) is 3.17. The molecule has 0 radical (unpaired) electrons. The Kier molecular flexibility index (Phi) is 4.06. The van der Waals surface area contributed by atoms with E-state index in [4.69, 9.17) is 27.9 Å². The molecule has 2 fully saturated rings. The molecule has 4 nitrogen and oxygen atoms in total. The number of ether oxygens (including phenoxy) is 1. The van der Waals surface area contributed by atoms with Gasteiger partial charge in [-0.3, -0.25) is 0 Å². The molecule has 0 aliphatic carbocycles. The lowest BCUT2D eigenvalue weighted by atomic mass is 9.95. The average molecular weight is 315 g/mol. The number of nitrogens with zero attached hydrogens (tertiary/aromatic N) is 1. The maximum atomic E-state index is 12.5. The summed E-state index contributed by atoms with van der Waals surface area (Å²) in [6, 6.07) is 5.39. The minimum atomic E-state index is -0.0820. The lowest BCUT2D eigenvalue weighted by Gasteiger charge is -2.45. The summed E-state index contributed by atoms with van der Waals surface area (Å²) >= 11 is 11.8. The number of halogens is 2. The summed E-state index contributed by atoms with van der Waals surface area (Å²) < 4.78 is 5.54. The van der Waals surface area contributed by atoms with E-state index in [9.17, 15) is 4.79 Å². The summed E-state index contributed by atoms with van der Waals surface area (Å²) in [5.41, 5.74) is 0.661. The molecule has 108 valence electrons. The van der Waals surface area contributed by atoms with Crippen LogP contribution in [0.5, 0.6) is 0 Å². The molecule has 0 saturated carbocycles. The predicted molar refractivity (Wildman–Crippen MR) is 79.6 cm³/mol. The number of amides is 2. The fraction of sp³-hybridized carbons (Fsp3) is 0.500. The van der Waals surface area contributed by atoms with E-state index >= 15 is 0 Å². The Morgan fingerprint density at radius 2 is 1.90 bits per heavy atom. The highest BCUT2D eigenvalue weighted by atomic mass is 35.5. The highest BCUT2D eigenvalue weighted by Gasteiger charge is 2.37. The minimum Gasteiger partial charge on any atom is -0.377 e. The number of hydrogen-bond donors (Lipinski definition) is 1. The van der Waals surface area contributed by atoms with Crippen molar-refractivity contribution in [1.82, 2.24) is 4.90 Å². The molecule has 0 unspecified atom stereocenters. The average Bonchev–Trinajstić information content (AvgIpc) is 2.42. The van der Waals surface area contributed by atoms with Gasteiger partial charge < -0.3 is 15.0 Å². The molecule has 2 saturated heterocycles. The van der Waals surface area contributed by atoms with Crippen molar-refractivity contribution in [2.24, 2.45) is 0 Å². The van der Waals surface area contributed by atoms with Crippen molar-refractivity contribution >= 4 is 34.9 Å². The highest BCUT2D eigenvalue weighted by molar-refractivity contribution is 6.42. The Morgan fingerprint density at radius 1 is 1.20 bits per heavy atom. The number of rotatable bonds is 1. The van der Waals surface area contributed by atoms with Crippen molar-refractivity contribution < 1.29 is 9.53 Å². The topological polar surface area (TPSA) is 41.6 Å². The van der Waals surface area contributed by atoms with Crippen LogP contribution in [0.3, 0.4) is 0 Å². The van der Waals surface area contributed by atoms with Gasteiger partial charge in [0, 0.05) is 5.69 Å². The molecule has 2 aliphatic heterocycles. The van der Waals surface area contributed by atoms with Gasteiger partial charge in [0.25, 0.3) is 0 Å². The van der Waals surface area contributed by atoms with Gasteiger partial charge in [-0.05, 0) is 37.5 Å². The molecule has 0 spiro atoms. The maximum Gasteiger partial charge on any atom is 0.322 e. The molecular weight excluding hydrogens is 299 g/mol. The van der Waals surface area contributed by atoms with Crippen LogP contribution in [-0.4, -0.2) is 36.2 Å². The van der Waals surface area contributed by atoms with E-state index in [-0.39, 0.29) is 18.1 Å². The van der Waals surface area contributed by atoms with Crippen LogP contribution in [0, 0.1) is 0 Å². The summed E-state index contributed by atoms with van der Waals surface area (Å²) in [6.45, 7) is 1.26. The van der Waals surface area contributed by atoms with Crippen molar-refractivity contribution in [3.63, 3.8) is 0 Å². The Bertz CT molecular complexity index is 502. The van der Waals surface area contributed by atoms with Crippen LogP contribution >= 0.6 is 23.2 Å². The number of urea groups is 1. The number of nitrogens with one attached hydrogen (secondary N) is 1. The van der Waals surface area contributed by atoms with Crippen molar-refractivity contribution in [3.8, 4) is 0 Å². The largest absolute Gasteiger partial charge is 0.377 e. The molecule has 6 heteroatoms. The second-order valence-corrected chi connectivity index (χ2v) is 6.06. The Balaban J connectivity index is 1.73. The number of piperidine rings is 1. The third kappa shape index (κ3) is 2.73. The van der Waals surface area contributed by atoms with Crippen LogP contribution in [0.2, 0.25) is 10.0 Å². The first kappa shape index (κ1) is 14.0. The van der Waals surface area contributed by atoms with Crippen LogP contribution in [0.1, 0.15) is 19.3 Å². The summed E-state index contributed by atoms with van der Waals surface area (Å²) in [4.78, 5) is 14.4. The summed E-state index contributed by atoms with van der Waals surface area (Å²) in [5.74, 6) is 0. The number of hydrogen-bond acceptors (Lipinski definition) is 2. The Morgan fingerprint density at radius 3 is 2.55 bits per heavy atom. The van der Waals surface area contributed by atoms with Gasteiger partial charge in [0.2, 0.25) is 0 Å². The lowest BCUT2D eigenvalue weighted by Crippen LogP contribution is -2.58. The van der Waals surface area contributed by atoms with Gasteiger partial charge in [0.05, 0.1) is 35.3 Å². The standard InChI is InChI=1S/C14H16Cl2N2O2/c15-12-5-4-9(6-13(12)16)17-14(19)18-10-2-1-3-11(18)8-20-7-10/h4-6,10-11H,1-3,7-8H2,(H,17,19)/t10-,11+. The van der Waals surface area contributed by atoms with Gasteiger partial charge in [-0.25, -0.2) is 4.79 Å². The van der Waals surface area contributed by atoms with Crippen molar-refractivity contribution in [2.75, 3.05) is 18.5 Å². The first-order valence-corrected chi connectivity index (χ1v) is 7.53. The summed E-state index contributed by atoms with van der Waals surface area (Å²) in [5, 5.41) is 3.81. The number of morpholine rings is 1. The first-order valence-electron chi connectivity index (χ1n) is 6.77. The molecule has 1 aromatic carbocycles. The molecule has 2 bridgehead atoms. The van der Waals surface area contributed by atoms with Gasteiger partial charge in [-0.1, -0.05) is 23.2 Å².